The molecule has 1 N–H and O–H groups in total. The van der Waals surface area contributed by atoms with E-state index in [1.807, 2.05) is 13.8 Å². The van der Waals surface area contributed by atoms with Gasteiger partial charge in [-0.05, 0) is 39.0 Å². The lowest BCUT2D eigenvalue weighted by molar-refractivity contribution is -0.136. The second-order valence-electron chi connectivity index (χ2n) is 4.63. The molecule has 0 fully saturated rings. The molecule has 0 saturated carbocycles. The lowest BCUT2D eigenvalue weighted by Gasteiger charge is -2.26. The zero-order chi connectivity index (χ0) is 14.3. The third-order valence-electron chi connectivity index (χ3n) is 3.29. The molecule has 0 aromatic heterocycles. The molecule has 0 aromatic carbocycles. The molecule has 1 unspecified atom stereocenters. The smallest absolute Gasteiger partial charge is 0.316 e. The average Bonchev–Trinajstić information content (AvgIpc) is 2.41. The highest BCUT2D eigenvalue weighted by molar-refractivity contribution is 8.01. The van der Waals surface area contributed by atoms with Crippen molar-refractivity contribution in [3.63, 3.8) is 0 Å². The van der Waals surface area contributed by atoms with Crippen molar-refractivity contribution in [1.82, 2.24) is 4.90 Å². The fourth-order valence-corrected chi connectivity index (χ4v) is 3.10. The van der Waals surface area contributed by atoms with E-state index in [1.54, 1.807) is 4.90 Å². The van der Waals surface area contributed by atoms with Crippen molar-refractivity contribution < 1.29 is 14.7 Å². The Morgan fingerprint density at radius 3 is 2.63 bits per heavy atom. The van der Waals surface area contributed by atoms with Gasteiger partial charge in [-0.2, -0.15) is 0 Å². The second-order valence-corrected chi connectivity index (χ2v) is 5.82. The molecule has 0 heterocycles. The number of thioether (sulfide) groups is 1. The maximum absolute atomic E-state index is 12.2. The van der Waals surface area contributed by atoms with Crippen LogP contribution in [0.15, 0.2) is 11.8 Å². The van der Waals surface area contributed by atoms with Gasteiger partial charge in [-0.3, -0.25) is 9.59 Å². The average molecular weight is 285 g/mol. The van der Waals surface area contributed by atoms with Gasteiger partial charge in [0.2, 0.25) is 5.91 Å². The number of hydrogen-bond donors (Lipinski definition) is 1. The number of allylic oxidation sites excluding steroid dienone is 2. The molecule has 0 saturated heterocycles. The first-order chi connectivity index (χ1) is 9.10. The first-order valence-electron chi connectivity index (χ1n) is 6.93. The van der Waals surface area contributed by atoms with Crippen LogP contribution in [-0.2, 0) is 9.59 Å². The van der Waals surface area contributed by atoms with Crippen molar-refractivity contribution >= 4 is 23.6 Å². The van der Waals surface area contributed by atoms with Crippen LogP contribution in [0.3, 0.4) is 0 Å². The SMILES string of the molecule is CCC(SCC(=O)N(CC)C1=CCCCC1)C(=O)O. The van der Waals surface area contributed by atoms with E-state index in [4.69, 9.17) is 5.11 Å². The maximum atomic E-state index is 12.2. The molecule has 0 aliphatic heterocycles. The minimum absolute atomic E-state index is 0.0281. The molecule has 0 aromatic rings. The van der Waals surface area contributed by atoms with Gasteiger partial charge in [-0.25, -0.2) is 0 Å². The molecule has 1 aliphatic rings. The summed E-state index contributed by atoms with van der Waals surface area (Å²) in [5.74, 6) is -0.559. The van der Waals surface area contributed by atoms with E-state index in [2.05, 4.69) is 6.08 Å². The number of rotatable bonds is 7. The Morgan fingerprint density at radius 1 is 1.42 bits per heavy atom. The molecule has 19 heavy (non-hydrogen) atoms. The number of aliphatic carboxylic acids is 1. The van der Waals surface area contributed by atoms with E-state index in [1.165, 1.54) is 18.2 Å². The van der Waals surface area contributed by atoms with Gasteiger partial charge in [0.05, 0.1) is 5.75 Å². The first kappa shape index (κ1) is 16.1. The van der Waals surface area contributed by atoms with Crippen LogP contribution in [0, 0.1) is 0 Å². The maximum Gasteiger partial charge on any atom is 0.316 e. The Kier molecular flexibility index (Phi) is 6.99. The van der Waals surface area contributed by atoms with Crippen molar-refractivity contribution in [2.75, 3.05) is 12.3 Å². The Bertz CT molecular complexity index is 355. The summed E-state index contributed by atoms with van der Waals surface area (Å²) in [6.07, 6.45) is 7.02. The van der Waals surface area contributed by atoms with Gasteiger partial charge in [0, 0.05) is 12.2 Å². The van der Waals surface area contributed by atoms with Crippen LogP contribution < -0.4 is 0 Å². The third-order valence-corrected chi connectivity index (χ3v) is 4.64. The number of carbonyl (C=O) groups is 2. The third kappa shape index (κ3) is 4.90. The molecule has 1 atom stereocenters. The summed E-state index contributed by atoms with van der Waals surface area (Å²) in [5.41, 5.74) is 1.11. The van der Waals surface area contributed by atoms with Gasteiger partial charge in [-0.1, -0.05) is 13.0 Å². The fraction of sp³-hybridized carbons (Fsp3) is 0.714. The van der Waals surface area contributed by atoms with Gasteiger partial charge >= 0.3 is 5.97 Å². The number of nitrogens with zero attached hydrogens (tertiary/aromatic N) is 1. The molecule has 1 rings (SSSR count). The van der Waals surface area contributed by atoms with Crippen LogP contribution >= 0.6 is 11.8 Å². The molecule has 108 valence electrons. The van der Waals surface area contributed by atoms with Gasteiger partial charge < -0.3 is 10.0 Å². The number of carboxylic acids is 1. The predicted octanol–water partition coefficient (Wildman–Crippen LogP) is 2.89. The zero-order valence-corrected chi connectivity index (χ0v) is 12.5. The summed E-state index contributed by atoms with van der Waals surface area (Å²) in [6.45, 7) is 4.46. The number of hydrogen-bond acceptors (Lipinski definition) is 3. The molecule has 1 aliphatic carbocycles. The van der Waals surface area contributed by atoms with Crippen LogP contribution in [0.4, 0.5) is 0 Å². The lowest BCUT2D eigenvalue weighted by Crippen LogP contribution is -2.33. The molecular weight excluding hydrogens is 262 g/mol. The Balaban J connectivity index is 2.54. The summed E-state index contributed by atoms with van der Waals surface area (Å²) < 4.78 is 0. The van der Waals surface area contributed by atoms with E-state index in [9.17, 15) is 9.59 Å². The second kappa shape index (κ2) is 8.25. The monoisotopic (exact) mass is 285 g/mol. The lowest BCUT2D eigenvalue weighted by atomic mass is 10.0. The quantitative estimate of drug-likeness (QED) is 0.781. The van der Waals surface area contributed by atoms with E-state index in [0.717, 1.165) is 25.0 Å². The molecular formula is C14H23NO3S. The van der Waals surface area contributed by atoms with Crippen molar-refractivity contribution in [2.45, 2.75) is 51.2 Å². The fourth-order valence-electron chi connectivity index (χ4n) is 2.22. The van der Waals surface area contributed by atoms with E-state index in [-0.39, 0.29) is 11.7 Å². The molecule has 5 heteroatoms. The molecule has 4 nitrogen and oxygen atoms in total. The van der Waals surface area contributed by atoms with Gasteiger partial charge in [0.25, 0.3) is 0 Å². The number of carbonyl (C=O) groups excluding carboxylic acids is 1. The van der Waals surface area contributed by atoms with E-state index < -0.39 is 11.2 Å². The molecule has 1 amide bonds. The van der Waals surface area contributed by atoms with Crippen molar-refractivity contribution in [3.8, 4) is 0 Å². The van der Waals surface area contributed by atoms with Crippen LogP contribution in [-0.4, -0.2) is 39.4 Å². The Labute approximate surface area is 119 Å². The molecule has 0 bridgehead atoms. The molecule has 0 radical (unpaired) electrons. The Morgan fingerprint density at radius 2 is 2.16 bits per heavy atom. The predicted molar refractivity (Wildman–Crippen MR) is 78.1 cm³/mol. The van der Waals surface area contributed by atoms with Gasteiger partial charge in [-0.15, -0.1) is 11.8 Å². The van der Waals surface area contributed by atoms with Crippen molar-refractivity contribution in [3.05, 3.63) is 11.8 Å². The van der Waals surface area contributed by atoms with Crippen molar-refractivity contribution in [2.24, 2.45) is 0 Å². The first-order valence-corrected chi connectivity index (χ1v) is 7.98. The zero-order valence-electron chi connectivity index (χ0n) is 11.7. The minimum Gasteiger partial charge on any atom is -0.480 e. The highest BCUT2D eigenvalue weighted by Gasteiger charge is 2.21. The highest BCUT2D eigenvalue weighted by Crippen LogP contribution is 2.23. The van der Waals surface area contributed by atoms with Gasteiger partial charge in [0.15, 0.2) is 0 Å². The van der Waals surface area contributed by atoms with Crippen LogP contribution in [0.25, 0.3) is 0 Å². The summed E-state index contributed by atoms with van der Waals surface area (Å²) in [6, 6.07) is 0. The summed E-state index contributed by atoms with van der Waals surface area (Å²) in [4.78, 5) is 24.9. The van der Waals surface area contributed by atoms with Crippen LogP contribution in [0.1, 0.15) is 46.0 Å². The minimum atomic E-state index is -0.833. The topological polar surface area (TPSA) is 57.6 Å². The number of carboxylic acid groups (broad SMARTS) is 1. The normalized spacial score (nSPS) is 16.6. The summed E-state index contributed by atoms with van der Waals surface area (Å²) in [5, 5.41) is 8.49. The van der Waals surface area contributed by atoms with Gasteiger partial charge in [0.1, 0.15) is 5.25 Å². The van der Waals surface area contributed by atoms with Crippen LogP contribution in [0.5, 0.6) is 0 Å². The largest absolute Gasteiger partial charge is 0.480 e. The van der Waals surface area contributed by atoms with Crippen molar-refractivity contribution in [1.29, 1.82) is 0 Å². The standard InChI is InChI=1S/C14H23NO3S/c1-3-12(14(17)18)19-10-13(16)15(4-2)11-8-6-5-7-9-11/h8,12H,3-7,9-10H2,1-2H3,(H,17,18). The molecule has 0 spiro atoms. The van der Waals surface area contributed by atoms with E-state index in [0.29, 0.717) is 13.0 Å². The highest BCUT2D eigenvalue weighted by atomic mass is 32.2. The van der Waals surface area contributed by atoms with E-state index >= 15 is 0 Å². The number of amides is 1. The Hall–Kier alpha value is -0.970. The summed E-state index contributed by atoms with van der Waals surface area (Å²) >= 11 is 1.23. The van der Waals surface area contributed by atoms with Crippen LogP contribution in [0.2, 0.25) is 0 Å². The summed E-state index contributed by atoms with van der Waals surface area (Å²) in [7, 11) is 0.